The zero-order valence-corrected chi connectivity index (χ0v) is 18.3. The number of aryl methyl sites for hydroxylation is 3. The highest BCUT2D eigenvalue weighted by Crippen LogP contribution is 2.18. The van der Waals surface area contributed by atoms with Gasteiger partial charge in [-0.05, 0) is 43.5 Å². The maximum Gasteiger partial charge on any atom is 0.329 e. The number of imidazole rings is 1. The fourth-order valence-electron chi connectivity index (χ4n) is 3.22. The number of hydrogen-bond donors (Lipinski definition) is 3. The van der Waals surface area contributed by atoms with Crippen LogP contribution >= 0.6 is 0 Å². The number of hydrogen-bond acceptors (Lipinski definition) is 7. The van der Waals surface area contributed by atoms with Crippen molar-refractivity contribution < 1.29 is 14.6 Å². The van der Waals surface area contributed by atoms with E-state index in [-0.39, 0.29) is 24.3 Å². The molecule has 0 spiro atoms. The summed E-state index contributed by atoms with van der Waals surface area (Å²) in [6.45, 7) is 5.24. The fourth-order valence-corrected chi connectivity index (χ4v) is 3.22. The Morgan fingerprint density at radius 1 is 1.26 bits per heavy atom. The fraction of sp³-hybridized carbons (Fsp3) is 0.476. The number of rotatable bonds is 10. The molecule has 3 rings (SSSR count). The van der Waals surface area contributed by atoms with Gasteiger partial charge >= 0.3 is 5.69 Å². The third kappa shape index (κ3) is 5.15. The monoisotopic (exact) mass is 431 g/mol. The van der Waals surface area contributed by atoms with Crippen LogP contribution in [0.4, 0.5) is 5.95 Å². The lowest BCUT2D eigenvalue weighted by Crippen LogP contribution is -2.31. The standard InChI is InChI=1S/C21H29N5O5/c1-13-6-7-16(10-14(13)2)31-12-15(27)11-26-17-18(25(3)21(29)24-19(17)28)23-20(26)22-8-5-9-30-4/h6-7,10,15,27H,5,8-9,11-12H2,1-4H3,(H,22,23)(H,24,28,29). The maximum atomic E-state index is 12.5. The first-order valence-electron chi connectivity index (χ1n) is 10.1. The van der Waals surface area contributed by atoms with Gasteiger partial charge in [-0.1, -0.05) is 6.07 Å². The van der Waals surface area contributed by atoms with E-state index in [1.807, 2.05) is 32.0 Å². The molecule has 0 bridgehead atoms. The van der Waals surface area contributed by atoms with Gasteiger partial charge in [-0.15, -0.1) is 0 Å². The van der Waals surface area contributed by atoms with Gasteiger partial charge in [0.15, 0.2) is 11.2 Å². The number of fused-ring (bicyclic) bond motifs is 1. The van der Waals surface area contributed by atoms with E-state index in [9.17, 15) is 14.7 Å². The van der Waals surface area contributed by atoms with Crippen molar-refractivity contribution in [3.8, 4) is 5.75 Å². The van der Waals surface area contributed by atoms with E-state index < -0.39 is 17.4 Å². The van der Waals surface area contributed by atoms with E-state index in [0.717, 1.165) is 17.5 Å². The normalized spacial score (nSPS) is 12.3. The molecule has 0 radical (unpaired) electrons. The van der Waals surface area contributed by atoms with Crippen LogP contribution in [0.1, 0.15) is 17.5 Å². The molecule has 168 valence electrons. The molecule has 2 aromatic heterocycles. The van der Waals surface area contributed by atoms with Crippen molar-refractivity contribution in [2.24, 2.45) is 7.05 Å². The molecule has 0 fully saturated rings. The van der Waals surface area contributed by atoms with Crippen molar-refractivity contribution in [2.75, 3.05) is 32.2 Å². The Bertz CT molecular complexity index is 1160. The van der Waals surface area contributed by atoms with Crippen molar-refractivity contribution >= 4 is 17.1 Å². The van der Waals surface area contributed by atoms with E-state index in [0.29, 0.717) is 24.8 Å². The molecule has 0 aliphatic rings. The van der Waals surface area contributed by atoms with Crippen LogP contribution in [-0.2, 0) is 18.3 Å². The average Bonchev–Trinajstić information content (AvgIpc) is 3.09. The molecule has 2 heterocycles. The number of nitrogens with one attached hydrogen (secondary N) is 2. The summed E-state index contributed by atoms with van der Waals surface area (Å²) in [5, 5.41) is 13.8. The lowest BCUT2D eigenvalue weighted by atomic mass is 10.1. The van der Waals surface area contributed by atoms with Crippen LogP contribution in [0, 0.1) is 13.8 Å². The Morgan fingerprint density at radius 2 is 2.03 bits per heavy atom. The number of anilines is 1. The SMILES string of the molecule is COCCCNc1nc2c(c(=O)[nH]c(=O)n2C)n1CC(O)COc1ccc(C)c(C)c1. The van der Waals surface area contributed by atoms with Gasteiger partial charge in [0.25, 0.3) is 5.56 Å². The minimum atomic E-state index is -0.907. The number of nitrogens with zero attached hydrogens (tertiary/aromatic N) is 3. The van der Waals surface area contributed by atoms with E-state index >= 15 is 0 Å². The minimum Gasteiger partial charge on any atom is -0.491 e. The average molecular weight is 431 g/mol. The van der Waals surface area contributed by atoms with Crippen molar-refractivity contribution in [3.05, 3.63) is 50.2 Å². The second kappa shape index (κ2) is 9.80. The summed E-state index contributed by atoms with van der Waals surface area (Å²) >= 11 is 0. The van der Waals surface area contributed by atoms with Crippen molar-refractivity contribution in [3.63, 3.8) is 0 Å². The highest BCUT2D eigenvalue weighted by Gasteiger charge is 2.19. The summed E-state index contributed by atoms with van der Waals surface area (Å²) in [5.41, 5.74) is 1.60. The first kappa shape index (κ1) is 22.6. The van der Waals surface area contributed by atoms with Crippen molar-refractivity contribution in [1.29, 1.82) is 0 Å². The molecule has 3 aromatic rings. The van der Waals surface area contributed by atoms with E-state index in [1.54, 1.807) is 11.7 Å². The van der Waals surface area contributed by atoms with Gasteiger partial charge in [-0.2, -0.15) is 4.98 Å². The summed E-state index contributed by atoms with van der Waals surface area (Å²) < 4.78 is 13.6. The predicted octanol–water partition coefficient (Wildman–Crippen LogP) is 0.928. The predicted molar refractivity (Wildman–Crippen MR) is 118 cm³/mol. The summed E-state index contributed by atoms with van der Waals surface area (Å²) in [6, 6.07) is 5.73. The second-order valence-corrected chi connectivity index (χ2v) is 7.52. The molecular weight excluding hydrogens is 402 g/mol. The largest absolute Gasteiger partial charge is 0.491 e. The lowest BCUT2D eigenvalue weighted by Gasteiger charge is -2.16. The summed E-state index contributed by atoms with van der Waals surface area (Å²) in [4.78, 5) is 31.2. The number of aromatic nitrogens is 4. The van der Waals surface area contributed by atoms with E-state index in [1.165, 1.54) is 11.6 Å². The summed E-state index contributed by atoms with van der Waals surface area (Å²) in [5.74, 6) is 1.05. The highest BCUT2D eigenvalue weighted by atomic mass is 16.5. The van der Waals surface area contributed by atoms with Gasteiger partial charge in [0.2, 0.25) is 5.95 Å². The smallest absolute Gasteiger partial charge is 0.329 e. The summed E-state index contributed by atoms with van der Waals surface area (Å²) in [6.07, 6.45) is -0.178. The lowest BCUT2D eigenvalue weighted by molar-refractivity contribution is 0.0938. The molecule has 10 heteroatoms. The quantitative estimate of drug-likeness (QED) is 0.408. The third-order valence-corrected chi connectivity index (χ3v) is 5.13. The minimum absolute atomic E-state index is 0.0367. The molecule has 1 unspecified atom stereocenters. The van der Waals surface area contributed by atoms with Gasteiger partial charge in [-0.25, -0.2) is 4.79 Å². The Labute approximate surface area is 179 Å². The number of aromatic amines is 1. The van der Waals surface area contributed by atoms with E-state index in [4.69, 9.17) is 9.47 Å². The van der Waals surface area contributed by atoms with Crippen LogP contribution in [0.2, 0.25) is 0 Å². The highest BCUT2D eigenvalue weighted by molar-refractivity contribution is 5.74. The molecule has 10 nitrogen and oxygen atoms in total. The number of benzene rings is 1. The first-order chi connectivity index (χ1) is 14.8. The molecule has 0 saturated heterocycles. The maximum absolute atomic E-state index is 12.5. The van der Waals surface area contributed by atoms with Crippen LogP contribution in [0.25, 0.3) is 11.2 Å². The Morgan fingerprint density at radius 3 is 2.74 bits per heavy atom. The van der Waals surface area contributed by atoms with Gasteiger partial charge < -0.3 is 24.5 Å². The van der Waals surface area contributed by atoms with E-state index in [2.05, 4.69) is 15.3 Å². The van der Waals surface area contributed by atoms with Crippen LogP contribution in [0.5, 0.6) is 5.75 Å². The molecule has 1 atom stereocenters. The van der Waals surface area contributed by atoms with Gasteiger partial charge in [0, 0.05) is 27.3 Å². The Hall–Kier alpha value is -3.11. The molecule has 3 N–H and O–H groups in total. The van der Waals surface area contributed by atoms with Crippen LogP contribution in [0.15, 0.2) is 27.8 Å². The van der Waals surface area contributed by atoms with Crippen LogP contribution in [-0.4, -0.2) is 57.2 Å². The molecule has 0 amide bonds. The molecule has 0 saturated carbocycles. The number of aliphatic hydroxyl groups excluding tert-OH is 1. The van der Waals surface area contributed by atoms with Crippen LogP contribution in [0.3, 0.4) is 0 Å². The number of ether oxygens (including phenoxy) is 2. The second-order valence-electron chi connectivity index (χ2n) is 7.52. The topological polar surface area (TPSA) is 123 Å². The van der Waals surface area contributed by atoms with Gasteiger partial charge in [-0.3, -0.25) is 14.3 Å². The summed E-state index contributed by atoms with van der Waals surface area (Å²) in [7, 11) is 3.16. The molecular formula is C21H29N5O5. The molecule has 0 aliphatic heterocycles. The Kier molecular flexibility index (Phi) is 7.13. The molecule has 0 aliphatic carbocycles. The Balaban J connectivity index is 1.84. The van der Waals surface area contributed by atoms with Crippen LogP contribution < -0.4 is 21.3 Å². The van der Waals surface area contributed by atoms with Gasteiger partial charge in [0.05, 0.1) is 6.54 Å². The van der Waals surface area contributed by atoms with Crippen molar-refractivity contribution in [2.45, 2.75) is 32.9 Å². The zero-order valence-electron chi connectivity index (χ0n) is 18.3. The zero-order chi connectivity index (χ0) is 22.5. The molecule has 1 aromatic carbocycles. The number of H-pyrrole nitrogens is 1. The van der Waals surface area contributed by atoms with Gasteiger partial charge in [0.1, 0.15) is 18.5 Å². The number of methoxy groups -OCH3 is 1. The third-order valence-electron chi connectivity index (χ3n) is 5.13. The van der Waals surface area contributed by atoms with Crippen molar-refractivity contribution in [1.82, 2.24) is 19.1 Å². The molecule has 31 heavy (non-hydrogen) atoms. The number of aliphatic hydroxyl groups is 1. The first-order valence-corrected chi connectivity index (χ1v) is 10.1.